The second kappa shape index (κ2) is 7.94. The third-order valence-electron chi connectivity index (χ3n) is 5.12. The molecule has 0 radical (unpaired) electrons. The Morgan fingerprint density at radius 2 is 1.87 bits per heavy atom. The number of rotatable bonds is 5. The molecule has 0 spiro atoms. The number of nitrogens with zero attached hydrogens (tertiary/aromatic N) is 3. The summed E-state index contributed by atoms with van der Waals surface area (Å²) in [5.41, 5.74) is 4.49. The Kier molecular flexibility index (Phi) is 5.18. The number of imidazole rings is 1. The quantitative estimate of drug-likeness (QED) is 0.537. The first-order valence-corrected chi connectivity index (χ1v) is 9.84. The second-order valence-electron chi connectivity index (χ2n) is 7.47. The Hall–Kier alpha value is -3.74. The molecule has 0 saturated heterocycles. The number of carbonyl (C=O) groups excluding carboxylic acids is 1. The highest BCUT2D eigenvalue weighted by atomic mass is 16.2. The lowest BCUT2D eigenvalue weighted by Crippen LogP contribution is -2.19. The highest BCUT2D eigenvalue weighted by molar-refractivity contribution is 5.93. The number of hydrogen-bond donors (Lipinski definition) is 2. The summed E-state index contributed by atoms with van der Waals surface area (Å²) in [6, 6.07) is 15.2. The lowest BCUT2D eigenvalue weighted by atomic mass is 9.97. The molecule has 0 unspecified atom stereocenters. The summed E-state index contributed by atoms with van der Waals surface area (Å²) in [7, 11) is 1.59. The molecule has 2 N–H and O–H groups in total. The molecular weight excluding hydrogens is 378 g/mol. The van der Waals surface area contributed by atoms with Crippen molar-refractivity contribution in [1.29, 1.82) is 0 Å². The topological polar surface area (TPSA) is 92.7 Å². The maximum absolute atomic E-state index is 12.6. The summed E-state index contributed by atoms with van der Waals surface area (Å²) in [4.78, 5) is 36.3. The van der Waals surface area contributed by atoms with Gasteiger partial charge in [0.25, 0.3) is 5.91 Å². The van der Waals surface area contributed by atoms with Gasteiger partial charge in [-0.15, -0.1) is 0 Å². The minimum Gasteiger partial charge on any atom is -0.355 e. The monoisotopic (exact) mass is 401 g/mol. The molecule has 0 saturated carbocycles. The van der Waals surface area contributed by atoms with Gasteiger partial charge >= 0.3 is 5.69 Å². The number of H-pyrrole nitrogens is 1. The third kappa shape index (κ3) is 3.61. The number of aromatic amines is 1. The van der Waals surface area contributed by atoms with E-state index in [1.807, 2.05) is 30.3 Å². The molecule has 7 heteroatoms. The molecule has 0 fully saturated rings. The van der Waals surface area contributed by atoms with Gasteiger partial charge in [-0.1, -0.05) is 50.2 Å². The van der Waals surface area contributed by atoms with Crippen molar-refractivity contribution in [2.45, 2.75) is 26.3 Å². The zero-order valence-electron chi connectivity index (χ0n) is 17.1. The van der Waals surface area contributed by atoms with Crippen LogP contribution in [0.3, 0.4) is 0 Å². The Bertz CT molecular complexity index is 1270. The van der Waals surface area contributed by atoms with Crippen molar-refractivity contribution in [3.63, 3.8) is 0 Å². The number of amides is 1. The van der Waals surface area contributed by atoms with E-state index in [9.17, 15) is 9.59 Å². The summed E-state index contributed by atoms with van der Waals surface area (Å²) in [6.07, 6.45) is 1.65. The van der Waals surface area contributed by atoms with E-state index in [0.29, 0.717) is 35.0 Å². The number of fused-ring (bicyclic) bond motifs is 1. The second-order valence-corrected chi connectivity index (χ2v) is 7.47. The van der Waals surface area contributed by atoms with Crippen LogP contribution >= 0.6 is 0 Å². The van der Waals surface area contributed by atoms with E-state index in [1.54, 1.807) is 29.9 Å². The molecule has 0 aliphatic rings. The maximum Gasteiger partial charge on any atom is 0.328 e. The van der Waals surface area contributed by atoms with Gasteiger partial charge in [0.1, 0.15) is 5.52 Å². The van der Waals surface area contributed by atoms with Gasteiger partial charge in [-0.25, -0.2) is 14.8 Å². The smallest absolute Gasteiger partial charge is 0.328 e. The van der Waals surface area contributed by atoms with E-state index in [4.69, 9.17) is 4.98 Å². The van der Waals surface area contributed by atoms with Crippen LogP contribution in [-0.2, 0) is 6.54 Å². The zero-order chi connectivity index (χ0) is 21.3. The van der Waals surface area contributed by atoms with Gasteiger partial charge in [0.05, 0.1) is 12.7 Å². The van der Waals surface area contributed by atoms with Crippen LogP contribution in [0.25, 0.3) is 22.6 Å². The van der Waals surface area contributed by atoms with E-state index in [-0.39, 0.29) is 11.6 Å². The Morgan fingerprint density at radius 3 is 2.57 bits per heavy atom. The standard InChI is InChI=1S/C23H23N5O2/c1-14(2)17-6-4-5-7-18(17)20-25-12-19-21(27-20)28(23(30)26-19)13-15-8-10-16(11-9-15)22(29)24-3/h4-12,14H,13H2,1-3H3,(H,24,29)(H,26,30). The predicted octanol–water partition coefficient (Wildman–Crippen LogP) is 3.32. The highest BCUT2D eigenvalue weighted by Crippen LogP contribution is 2.27. The van der Waals surface area contributed by atoms with Gasteiger partial charge in [0.15, 0.2) is 11.5 Å². The third-order valence-corrected chi connectivity index (χ3v) is 5.12. The van der Waals surface area contributed by atoms with Crippen LogP contribution in [0, 0.1) is 0 Å². The minimum atomic E-state index is -0.246. The first-order valence-electron chi connectivity index (χ1n) is 9.84. The van der Waals surface area contributed by atoms with Crippen LogP contribution in [0.15, 0.2) is 59.5 Å². The van der Waals surface area contributed by atoms with Crippen molar-refractivity contribution >= 4 is 17.1 Å². The normalized spacial score (nSPS) is 11.2. The first-order chi connectivity index (χ1) is 14.5. The predicted molar refractivity (Wildman–Crippen MR) is 117 cm³/mol. The van der Waals surface area contributed by atoms with Crippen molar-refractivity contribution in [3.05, 3.63) is 81.9 Å². The molecular formula is C23H23N5O2. The fourth-order valence-electron chi connectivity index (χ4n) is 3.51. The van der Waals surface area contributed by atoms with Crippen LogP contribution in [0.2, 0.25) is 0 Å². The molecule has 2 aromatic heterocycles. The number of aromatic nitrogens is 4. The molecule has 0 aliphatic heterocycles. The molecule has 4 aromatic rings. The van der Waals surface area contributed by atoms with Crippen molar-refractivity contribution in [2.24, 2.45) is 0 Å². The van der Waals surface area contributed by atoms with Crippen molar-refractivity contribution < 1.29 is 4.79 Å². The molecule has 2 aromatic carbocycles. The van der Waals surface area contributed by atoms with Crippen LogP contribution in [-0.4, -0.2) is 32.5 Å². The summed E-state index contributed by atoms with van der Waals surface area (Å²) >= 11 is 0. The minimum absolute atomic E-state index is 0.146. The SMILES string of the molecule is CNC(=O)c1ccc(Cn2c(=O)[nH]c3cnc(-c4ccccc4C(C)C)nc32)cc1. The van der Waals surface area contributed by atoms with Crippen LogP contribution in [0.1, 0.15) is 41.3 Å². The average molecular weight is 401 g/mol. The Balaban J connectivity index is 1.75. The van der Waals surface area contributed by atoms with Gasteiger partial charge in [0, 0.05) is 18.2 Å². The van der Waals surface area contributed by atoms with E-state index >= 15 is 0 Å². The fourth-order valence-corrected chi connectivity index (χ4v) is 3.51. The molecule has 4 rings (SSSR count). The number of benzene rings is 2. The maximum atomic E-state index is 12.6. The van der Waals surface area contributed by atoms with E-state index in [1.165, 1.54) is 0 Å². The van der Waals surface area contributed by atoms with Crippen molar-refractivity contribution in [3.8, 4) is 11.4 Å². The molecule has 2 heterocycles. The van der Waals surface area contributed by atoms with E-state index in [2.05, 4.69) is 35.2 Å². The van der Waals surface area contributed by atoms with Crippen LogP contribution < -0.4 is 11.0 Å². The summed E-state index contributed by atoms with van der Waals surface area (Å²) < 4.78 is 1.59. The van der Waals surface area contributed by atoms with Crippen molar-refractivity contribution in [2.75, 3.05) is 7.05 Å². The van der Waals surface area contributed by atoms with Crippen molar-refractivity contribution in [1.82, 2.24) is 24.8 Å². The zero-order valence-corrected chi connectivity index (χ0v) is 17.1. The van der Waals surface area contributed by atoms with E-state index < -0.39 is 0 Å². The fraction of sp³-hybridized carbons (Fsp3) is 0.217. The molecule has 30 heavy (non-hydrogen) atoms. The van der Waals surface area contributed by atoms with Gasteiger partial charge in [-0.3, -0.25) is 9.36 Å². The largest absolute Gasteiger partial charge is 0.355 e. The highest BCUT2D eigenvalue weighted by Gasteiger charge is 2.15. The van der Waals surface area contributed by atoms with Gasteiger partial charge in [0.2, 0.25) is 0 Å². The summed E-state index contributed by atoms with van der Waals surface area (Å²) in [6.45, 7) is 4.60. The lowest BCUT2D eigenvalue weighted by molar-refractivity contribution is 0.0963. The van der Waals surface area contributed by atoms with Gasteiger partial charge in [-0.2, -0.15) is 0 Å². The number of carbonyl (C=O) groups is 1. The summed E-state index contributed by atoms with van der Waals surface area (Å²) in [5.74, 6) is 0.772. The van der Waals surface area contributed by atoms with Gasteiger partial charge in [-0.05, 0) is 29.2 Å². The number of nitrogens with one attached hydrogen (secondary N) is 2. The Labute approximate surface area is 173 Å². The molecule has 0 atom stereocenters. The first kappa shape index (κ1) is 19.6. The molecule has 0 aliphatic carbocycles. The molecule has 152 valence electrons. The van der Waals surface area contributed by atoms with E-state index in [0.717, 1.165) is 16.7 Å². The van der Waals surface area contributed by atoms with Crippen LogP contribution in [0.5, 0.6) is 0 Å². The van der Waals surface area contributed by atoms with Gasteiger partial charge < -0.3 is 10.3 Å². The van der Waals surface area contributed by atoms with Crippen LogP contribution in [0.4, 0.5) is 0 Å². The molecule has 7 nitrogen and oxygen atoms in total. The number of hydrogen-bond acceptors (Lipinski definition) is 4. The Morgan fingerprint density at radius 1 is 1.13 bits per heavy atom. The lowest BCUT2D eigenvalue weighted by Gasteiger charge is -2.11. The molecule has 0 bridgehead atoms. The average Bonchev–Trinajstić information content (AvgIpc) is 3.08. The molecule has 1 amide bonds. The summed E-state index contributed by atoms with van der Waals surface area (Å²) in [5, 5.41) is 2.60.